The van der Waals surface area contributed by atoms with Crippen LogP contribution in [-0.4, -0.2) is 40.1 Å². The molecule has 0 unspecified atom stereocenters. The summed E-state index contributed by atoms with van der Waals surface area (Å²) in [5.41, 5.74) is 0.444. The molecule has 2 amide bonds. The van der Waals surface area contributed by atoms with Crippen LogP contribution in [0.1, 0.15) is 66.0 Å². The molecule has 0 bridgehead atoms. The lowest BCUT2D eigenvalue weighted by atomic mass is 10.1. The van der Waals surface area contributed by atoms with E-state index in [9.17, 15) is 9.59 Å². The van der Waals surface area contributed by atoms with Crippen molar-refractivity contribution in [2.75, 3.05) is 11.4 Å². The van der Waals surface area contributed by atoms with Crippen LogP contribution in [0.25, 0.3) is 0 Å². The number of hydrogen-bond acceptors (Lipinski definition) is 4. The third kappa shape index (κ3) is 4.71. The Morgan fingerprint density at radius 2 is 2.00 bits per heavy atom. The minimum atomic E-state index is -0.560. The fourth-order valence-corrected chi connectivity index (χ4v) is 3.11. The van der Waals surface area contributed by atoms with Gasteiger partial charge in [0.1, 0.15) is 11.4 Å². The molecule has 25 heavy (non-hydrogen) atoms. The van der Waals surface area contributed by atoms with Crippen molar-refractivity contribution in [2.45, 2.75) is 72.1 Å². The SMILES string of the molecule is CC(=O)N1CCC[C@H]1c1ccc(N(C(=O)OC(C)(C)C)C(C)C)nc1. The van der Waals surface area contributed by atoms with E-state index in [4.69, 9.17) is 4.74 Å². The summed E-state index contributed by atoms with van der Waals surface area (Å²) in [7, 11) is 0. The molecule has 2 heterocycles. The van der Waals surface area contributed by atoms with Crippen LogP contribution in [0.15, 0.2) is 18.3 Å². The molecule has 0 saturated carbocycles. The molecular weight excluding hydrogens is 318 g/mol. The number of pyridine rings is 1. The largest absolute Gasteiger partial charge is 0.443 e. The highest BCUT2D eigenvalue weighted by Crippen LogP contribution is 2.32. The van der Waals surface area contributed by atoms with E-state index < -0.39 is 11.7 Å². The number of carbonyl (C=O) groups excluding carboxylic acids is 2. The highest BCUT2D eigenvalue weighted by molar-refractivity contribution is 5.87. The Kier molecular flexibility index (Phi) is 5.70. The Balaban J connectivity index is 2.21. The van der Waals surface area contributed by atoms with Crippen LogP contribution < -0.4 is 4.90 Å². The molecule has 6 nitrogen and oxygen atoms in total. The lowest BCUT2D eigenvalue weighted by Crippen LogP contribution is -2.41. The van der Waals surface area contributed by atoms with E-state index in [0.29, 0.717) is 5.82 Å². The van der Waals surface area contributed by atoms with Crippen molar-refractivity contribution in [3.8, 4) is 0 Å². The number of carbonyl (C=O) groups is 2. The van der Waals surface area contributed by atoms with Crippen LogP contribution in [0.5, 0.6) is 0 Å². The van der Waals surface area contributed by atoms with Gasteiger partial charge in [0, 0.05) is 25.7 Å². The monoisotopic (exact) mass is 347 g/mol. The van der Waals surface area contributed by atoms with E-state index in [1.807, 2.05) is 51.7 Å². The average Bonchev–Trinajstić information content (AvgIpc) is 2.95. The normalized spacial score (nSPS) is 17.7. The molecule has 0 spiro atoms. The first-order valence-electron chi connectivity index (χ1n) is 8.85. The van der Waals surface area contributed by atoms with Gasteiger partial charge in [-0.05, 0) is 59.1 Å². The summed E-state index contributed by atoms with van der Waals surface area (Å²) in [6, 6.07) is 3.78. The highest BCUT2D eigenvalue weighted by Gasteiger charge is 2.29. The van der Waals surface area contributed by atoms with E-state index in [0.717, 1.165) is 24.9 Å². The zero-order valence-electron chi connectivity index (χ0n) is 16.1. The molecule has 1 aromatic rings. The number of likely N-dealkylation sites (tertiary alicyclic amines) is 1. The molecule has 6 heteroatoms. The molecule has 0 N–H and O–H groups in total. The molecule has 1 atom stereocenters. The second-order valence-corrected chi connectivity index (χ2v) is 7.76. The first-order chi connectivity index (χ1) is 11.6. The van der Waals surface area contributed by atoms with Crippen LogP contribution in [0, 0.1) is 0 Å². The maximum absolute atomic E-state index is 12.5. The number of amides is 2. The predicted molar refractivity (Wildman–Crippen MR) is 97.4 cm³/mol. The molecule has 0 aromatic carbocycles. The first-order valence-corrected chi connectivity index (χ1v) is 8.85. The standard InChI is InChI=1S/C19H29N3O3/c1-13(2)22(18(24)25-19(4,5)6)17-10-9-15(12-20-17)16-8-7-11-21(16)14(3)23/h9-10,12-13,16H,7-8,11H2,1-6H3/t16-/m0/s1. The number of rotatable bonds is 3. The Morgan fingerprint density at radius 3 is 2.48 bits per heavy atom. The topological polar surface area (TPSA) is 62.7 Å². The second kappa shape index (κ2) is 7.42. The maximum atomic E-state index is 12.5. The fourth-order valence-electron chi connectivity index (χ4n) is 3.11. The number of anilines is 1. The molecular formula is C19H29N3O3. The van der Waals surface area contributed by atoms with Gasteiger partial charge in [-0.25, -0.2) is 9.78 Å². The van der Waals surface area contributed by atoms with Crippen LogP contribution in [-0.2, 0) is 9.53 Å². The van der Waals surface area contributed by atoms with Crippen molar-refractivity contribution in [3.05, 3.63) is 23.9 Å². The Labute approximate surface area is 150 Å². The van der Waals surface area contributed by atoms with Crippen molar-refractivity contribution in [1.82, 2.24) is 9.88 Å². The number of aromatic nitrogens is 1. The third-order valence-corrected chi connectivity index (χ3v) is 4.17. The van der Waals surface area contributed by atoms with E-state index in [-0.39, 0.29) is 18.0 Å². The molecule has 138 valence electrons. The van der Waals surface area contributed by atoms with Crippen molar-refractivity contribution >= 4 is 17.8 Å². The summed E-state index contributed by atoms with van der Waals surface area (Å²) in [4.78, 5) is 32.2. The van der Waals surface area contributed by atoms with Crippen molar-refractivity contribution < 1.29 is 14.3 Å². The molecule has 0 radical (unpaired) electrons. The van der Waals surface area contributed by atoms with Crippen molar-refractivity contribution in [2.24, 2.45) is 0 Å². The molecule has 1 aromatic heterocycles. The molecule has 1 aliphatic heterocycles. The van der Waals surface area contributed by atoms with E-state index >= 15 is 0 Å². The Morgan fingerprint density at radius 1 is 1.32 bits per heavy atom. The van der Waals surface area contributed by atoms with Gasteiger partial charge in [-0.15, -0.1) is 0 Å². The van der Waals surface area contributed by atoms with Gasteiger partial charge in [-0.2, -0.15) is 0 Å². The quantitative estimate of drug-likeness (QED) is 0.831. The van der Waals surface area contributed by atoms with Crippen molar-refractivity contribution in [1.29, 1.82) is 0 Å². The zero-order chi connectivity index (χ0) is 18.8. The van der Waals surface area contributed by atoms with Gasteiger partial charge in [0.05, 0.1) is 6.04 Å². The highest BCUT2D eigenvalue weighted by atomic mass is 16.6. The molecule has 0 aliphatic carbocycles. The first kappa shape index (κ1) is 19.2. The van der Waals surface area contributed by atoms with Crippen LogP contribution in [0.4, 0.5) is 10.6 Å². The van der Waals surface area contributed by atoms with Gasteiger partial charge in [0.2, 0.25) is 5.91 Å². The van der Waals surface area contributed by atoms with Gasteiger partial charge < -0.3 is 9.64 Å². The zero-order valence-corrected chi connectivity index (χ0v) is 16.1. The second-order valence-electron chi connectivity index (χ2n) is 7.76. The van der Waals surface area contributed by atoms with Gasteiger partial charge in [-0.3, -0.25) is 9.69 Å². The number of hydrogen-bond donors (Lipinski definition) is 0. The summed E-state index contributed by atoms with van der Waals surface area (Å²) in [5, 5.41) is 0. The van der Waals surface area contributed by atoms with Gasteiger partial charge >= 0.3 is 6.09 Å². The van der Waals surface area contributed by atoms with E-state index in [1.54, 1.807) is 18.0 Å². The fraction of sp³-hybridized carbons (Fsp3) is 0.632. The summed E-state index contributed by atoms with van der Waals surface area (Å²) < 4.78 is 5.49. The Hall–Kier alpha value is -2.11. The lowest BCUT2D eigenvalue weighted by molar-refractivity contribution is -0.129. The van der Waals surface area contributed by atoms with Gasteiger partial charge in [-0.1, -0.05) is 6.07 Å². The maximum Gasteiger partial charge on any atom is 0.416 e. The summed E-state index contributed by atoms with van der Waals surface area (Å²) >= 11 is 0. The minimum absolute atomic E-state index is 0.0756. The van der Waals surface area contributed by atoms with Crippen LogP contribution in [0.3, 0.4) is 0 Å². The summed E-state index contributed by atoms with van der Waals surface area (Å²) in [6.45, 7) is 11.8. The lowest BCUT2D eigenvalue weighted by Gasteiger charge is -2.29. The number of nitrogens with zero attached hydrogens (tertiary/aromatic N) is 3. The Bertz CT molecular complexity index is 620. The molecule has 1 fully saturated rings. The summed E-state index contributed by atoms with van der Waals surface area (Å²) in [5.74, 6) is 0.643. The predicted octanol–water partition coefficient (Wildman–Crippen LogP) is 3.91. The van der Waals surface area contributed by atoms with E-state index in [1.165, 1.54) is 0 Å². The summed E-state index contributed by atoms with van der Waals surface area (Å²) in [6.07, 6.45) is 3.30. The molecule has 2 rings (SSSR count). The number of ether oxygens (including phenoxy) is 1. The van der Waals surface area contributed by atoms with Crippen LogP contribution >= 0.6 is 0 Å². The van der Waals surface area contributed by atoms with Crippen LogP contribution in [0.2, 0.25) is 0 Å². The smallest absolute Gasteiger partial charge is 0.416 e. The molecule has 1 saturated heterocycles. The van der Waals surface area contributed by atoms with Crippen molar-refractivity contribution in [3.63, 3.8) is 0 Å². The molecule has 1 aliphatic rings. The van der Waals surface area contributed by atoms with E-state index in [2.05, 4.69) is 4.98 Å². The minimum Gasteiger partial charge on any atom is -0.443 e. The average molecular weight is 347 g/mol. The van der Waals surface area contributed by atoms with Gasteiger partial charge in [0.15, 0.2) is 0 Å². The van der Waals surface area contributed by atoms with Gasteiger partial charge in [0.25, 0.3) is 0 Å². The third-order valence-electron chi connectivity index (χ3n) is 4.17.